The zero-order chi connectivity index (χ0) is 14.2. The molecule has 1 fully saturated rings. The standard InChI is InChI=1S/C18H21N3/c19-18-20-12-17(21(18)16-7-3-4-8-16)15-10-9-13-5-1-2-6-14(13)11-15/h1-2,5-6,9-11,16-17H,3-4,7-8,12H2,(H2,19,20). The molecule has 1 atom stereocenters. The summed E-state index contributed by atoms with van der Waals surface area (Å²) in [5.74, 6) is 0.736. The number of nitrogens with two attached hydrogens (primary N) is 1. The summed E-state index contributed by atoms with van der Waals surface area (Å²) in [4.78, 5) is 6.89. The zero-order valence-corrected chi connectivity index (χ0v) is 12.2. The molecule has 0 amide bonds. The lowest BCUT2D eigenvalue weighted by molar-refractivity contribution is 0.262. The summed E-state index contributed by atoms with van der Waals surface area (Å²) in [6.45, 7) is 0.792. The van der Waals surface area contributed by atoms with Gasteiger partial charge in [-0.25, -0.2) is 0 Å². The van der Waals surface area contributed by atoms with E-state index in [-0.39, 0.29) is 0 Å². The molecule has 0 aromatic heterocycles. The van der Waals surface area contributed by atoms with E-state index in [4.69, 9.17) is 5.73 Å². The van der Waals surface area contributed by atoms with E-state index in [0.717, 1.165) is 12.5 Å². The molecule has 0 spiro atoms. The van der Waals surface area contributed by atoms with Gasteiger partial charge in [0.05, 0.1) is 12.6 Å². The molecule has 21 heavy (non-hydrogen) atoms. The number of hydrogen-bond acceptors (Lipinski definition) is 3. The molecular formula is C18H21N3. The third-order valence-electron chi connectivity index (χ3n) is 4.90. The van der Waals surface area contributed by atoms with Gasteiger partial charge in [-0.05, 0) is 35.2 Å². The fourth-order valence-electron chi connectivity index (χ4n) is 3.81. The van der Waals surface area contributed by atoms with Crippen LogP contribution in [0.5, 0.6) is 0 Å². The Morgan fingerprint density at radius 2 is 1.76 bits per heavy atom. The first-order valence-electron chi connectivity index (χ1n) is 7.90. The number of benzene rings is 2. The van der Waals surface area contributed by atoms with Crippen LogP contribution < -0.4 is 5.73 Å². The van der Waals surface area contributed by atoms with Crippen molar-refractivity contribution in [3.63, 3.8) is 0 Å². The highest BCUT2D eigenvalue weighted by Crippen LogP contribution is 2.34. The van der Waals surface area contributed by atoms with Crippen LogP contribution in [0, 0.1) is 0 Å². The van der Waals surface area contributed by atoms with Crippen molar-refractivity contribution in [3.05, 3.63) is 48.0 Å². The quantitative estimate of drug-likeness (QED) is 0.914. The Bertz CT molecular complexity index is 686. The molecule has 1 unspecified atom stereocenters. The lowest BCUT2D eigenvalue weighted by atomic mass is 10.00. The summed E-state index contributed by atoms with van der Waals surface area (Å²) < 4.78 is 0. The van der Waals surface area contributed by atoms with Crippen LogP contribution in [0.1, 0.15) is 37.3 Å². The summed E-state index contributed by atoms with van der Waals surface area (Å²) in [5, 5.41) is 2.59. The summed E-state index contributed by atoms with van der Waals surface area (Å²) >= 11 is 0. The number of guanidine groups is 1. The highest BCUT2D eigenvalue weighted by molar-refractivity contribution is 5.84. The normalized spacial score (nSPS) is 23.0. The molecule has 2 aromatic rings. The minimum absolute atomic E-state index is 0.317. The molecule has 3 nitrogen and oxygen atoms in total. The van der Waals surface area contributed by atoms with Crippen molar-refractivity contribution >= 4 is 16.7 Å². The van der Waals surface area contributed by atoms with Gasteiger partial charge in [-0.3, -0.25) is 4.99 Å². The number of fused-ring (bicyclic) bond motifs is 1. The summed E-state index contributed by atoms with van der Waals surface area (Å²) in [6.07, 6.45) is 5.14. The molecule has 2 N–H and O–H groups in total. The molecule has 1 saturated carbocycles. The lowest BCUT2D eigenvalue weighted by Gasteiger charge is -2.32. The second kappa shape index (κ2) is 5.06. The highest BCUT2D eigenvalue weighted by Gasteiger charge is 2.34. The van der Waals surface area contributed by atoms with E-state index >= 15 is 0 Å². The maximum absolute atomic E-state index is 6.18. The Balaban J connectivity index is 1.70. The van der Waals surface area contributed by atoms with Gasteiger partial charge in [0.15, 0.2) is 5.96 Å². The van der Waals surface area contributed by atoms with Crippen molar-refractivity contribution < 1.29 is 0 Å². The number of rotatable bonds is 2. The molecule has 0 bridgehead atoms. The summed E-state index contributed by atoms with van der Waals surface area (Å²) in [5.41, 5.74) is 7.51. The SMILES string of the molecule is NC1=NCC(c2ccc3ccccc3c2)N1C1CCCC1. The van der Waals surface area contributed by atoms with Crippen molar-refractivity contribution in [2.75, 3.05) is 6.54 Å². The van der Waals surface area contributed by atoms with Crippen LogP contribution in [0.25, 0.3) is 10.8 Å². The molecule has 4 rings (SSSR count). The Morgan fingerprint density at radius 3 is 2.57 bits per heavy atom. The van der Waals surface area contributed by atoms with Gasteiger partial charge in [0.25, 0.3) is 0 Å². The lowest BCUT2D eigenvalue weighted by Crippen LogP contribution is -2.42. The predicted octanol–water partition coefficient (Wildman–Crippen LogP) is 3.45. The molecule has 2 aromatic carbocycles. The van der Waals surface area contributed by atoms with Gasteiger partial charge in [-0.15, -0.1) is 0 Å². The molecule has 3 heteroatoms. The smallest absolute Gasteiger partial charge is 0.192 e. The Kier molecular flexibility index (Phi) is 3.06. The maximum atomic E-state index is 6.18. The van der Waals surface area contributed by atoms with Crippen LogP contribution in [-0.2, 0) is 0 Å². The second-order valence-electron chi connectivity index (χ2n) is 6.17. The average molecular weight is 279 g/mol. The van der Waals surface area contributed by atoms with Gasteiger partial charge in [0, 0.05) is 6.04 Å². The minimum Gasteiger partial charge on any atom is -0.370 e. The monoisotopic (exact) mass is 279 g/mol. The van der Waals surface area contributed by atoms with Crippen molar-refractivity contribution in [3.8, 4) is 0 Å². The first kappa shape index (κ1) is 12.7. The van der Waals surface area contributed by atoms with Crippen molar-refractivity contribution in [1.82, 2.24) is 4.90 Å². The average Bonchev–Trinajstić information content (AvgIpc) is 3.15. The molecule has 1 aliphatic heterocycles. The van der Waals surface area contributed by atoms with Crippen LogP contribution >= 0.6 is 0 Å². The van der Waals surface area contributed by atoms with Crippen LogP contribution in [-0.4, -0.2) is 23.4 Å². The van der Waals surface area contributed by atoms with E-state index in [9.17, 15) is 0 Å². The van der Waals surface area contributed by atoms with Crippen LogP contribution in [0.3, 0.4) is 0 Å². The largest absolute Gasteiger partial charge is 0.370 e. The van der Waals surface area contributed by atoms with Gasteiger partial charge in [-0.2, -0.15) is 0 Å². The first-order valence-corrected chi connectivity index (χ1v) is 7.90. The Hall–Kier alpha value is -2.03. The van der Waals surface area contributed by atoms with Crippen LogP contribution in [0.4, 0.5) is 0 Å². The summed E-state index contributed by atoms with van der Waals surface area (Å²) in [6, 6.07) is 16.2. The molecule has 0 radical (unpaired) electrons. The van der Waals surface area contributed by atoms with E-state index in [0.29, 0.717) is 12.1 Å². The van der Waals surface area contributed by atoms with Crippen molar-refractivity contribution in [1.29, 1.82) is 0 Å². The molecule has 108 valence electrons. The zero-order valence-electron chi connectivity index (χ0n) is 12.2. The van der Waals surface area contributed by atoms with E-state index in [2.05, 4.69) is 52.4 Å². The van der Waals surface area contributed by atoms with Gasteiger partial charge >= 0.3 is 0 Å². The Morgan fingerprint density at radius 1 is 1.00 bits per heavy atom. The highest BCUT2D eigenvalue weighted by atomic mass is 15.3. The fourth-order valence-corrected chi connectivity index (χ4v) is 3.81. The van der Waals surface area contributed by atoms with Gasteiger partial charge in [0.2, 0.25) is 0 Å². The Labute approximate surface area is 125 Å². The molecule has 2 aliphatic rings. The fraction of sp³-hybridized carbons (Fsp3) is 0.389. The van der Waals surface area contributed by atoms with Gasteiger partial charge in [0.1, 0.15) is 0 Å². The topological polar surface area (TPSA) is 41.6 Å². The molecule has 1 heterocycles. The van der Waals surface area contributed by atoms with Crippen molar-refractivity contribution in [2.24, 2.45) is 10.7 Å². The van der Waals surface area contributed by atoms with Crippen molar-refractivity contribution in [2.45, 2.75) is 37.8 Å². The minimum atomic E-state index is 0.317. The third kappa shape index (κ3) is 2.17. The van der Waals surface area contributed by atoms with E-state index in [1.165, 1.54) is 42.0 Å². The number of aliphatic imine (C=N–C) groups is 1. The van der Waals surface area contributed by atoms with Gasteiger partial charge in [-0.1, -0.05) is 49.2 Å². The number of hydrogen-bond donors (Lipinski definition) is 1. The molecular weight excluding hydrogens is 258 g/mol. The molecule has 1 aliphatic carbocycles. The van der Waals surface area contributed by atoms with E-state index in [1.807, 2.05) is 0 Å². The maximum Gasteiger partial charge on any atom is 0.192 e. The predicted molar refractivity (Wildman–Crippen MR) is 87.3 cm³/mol. The van der Waals surface area contributed by atoms with E-state index in [1.54, 1.807) is 0 Å². The third-order valence-corrected chi connectivity index (χ3v) is 4.90. The molecule has 0 saturated heterocycles. The van der Waals surface area contributed by atoms with Crippen LogP contribution in [0.2, 0.25) is 0 Å². The number of nitrogens with zero attached hydrogens (tertiary/aromatic N) is 2. The van der Waals surface area contributed by atoms with E-state index < -0.39 is 0 Å². The second-order valence-corrected chi connectivity index (χ2v) is 6.17. The van der Waals surface area contributed by atoms with Gasteiger partial charge < -0.3 is 10.6 Å². The summed E-state index contributed by atoms with van der Waals surface area (Å²) in [7, 11) is 0. The first-order chi connectivity index (χ1) is 10.3. The van der Waals surface area contributed by atoms with Crippen LogP contribution in [0.15, 0.2) is 47.5 Å².